The Morgan fingerprint density at radius 1 is 1.18 bits per heavy atom. The average molecular weight is 634 g/mol. The van der Waals surface area contributed by atoms with Crippen LogP contribution in [0.5, 0.6) is 5.75 Å². The van der Waals surface area contributed by atoms with Crippen LogP contribution in [0, 0.1) is 13.7 Å². The SMILES string of the molecule is O=c1/c(=C/c2cc(Br)c(OCc3ccc([N+](=O)[O-])cc3)c(I)c2)sc2nc3ccccc3n12. The molecule has 0 aliphatic heterocycles. The molecule has 0 aliphatic rings. The van der Waals surface area contributed by atoms with Gasteiger partial charge in [0, 0.05) is 12.1 Å². The fraction of sp³-hybridized carbons (Fsp3) is 0.0435. The molecule has 0 atom stereocenters. The fourth-order valence-electron chi connectivity index (χ4n) is 3.43. The molecular weight excluding hydrogens is 621 g/mol. The summed E-state index contributed by atoms with van der Waals surface area (Å²) in [5.74, 6) is 0.667. The van der Waals surface area contributed by atoms with E-state index in [9.17, 15) is 14.9 Å². The molecule has 2 aromatic heterocycles. The average Bonchev–Trinajstić information content (AvgIpc) is 3.29. The molecule has 2 heterocycles. The number of non-ortho nitro benzene ring substituents is 1. The van der Waals surface area contributed by atoms with E-state index in [4.69, 9.17) is 4.74 Å². The number of para-hydroxylation sites is 2. The molecular formula is C23H13BrIN3O4S. The largest absolute Gasteiger partial charge is 0.487 e. The summed E-state index contributed by atoms with van der Waals surface area (Å²) in [6.07, 6.45) is 1.85. The van der Waals surface area contributed by atoms with E-state index >= 15 is 0 Å². The van der Waals surface area contributed by atoms with Gasteiger partial charge in [0.2, 0.25) is 0 Å². The number of rotatable bonds is 5. The molecule has 0 aliphatic carbocycles. The molecule has 5 aromatic rings. The zero-order valence-electron chi connectivity index (χ0n) is 16.7. The third-order valence-electron chi connectivity index (χ3n) is 4.99. The van der Waals surface area contributed by atoms with Gasteiger partial charge in [-0.2, -0.15) is 0 Å². The monoisotopic (exact) mass is 633 g/mol. The lowest BCUT2D eigenvalue weighted by molar-refractivity contribution is -0.384. The van der Waals surface area contributed by atoms with Gasteiger partial charge in [-0.1, -0.05) is 23.5 Å². The minimum atomic E-state index is -0.430. The van der Waals surface area contributed by atoms with Crippen LogP contribution in [0.15, 0.2) is 69.9 Å². The highest BCUT2D eigenvalue weighted by Crippen LogP contribution is 2.33. The molecule has 33 heavy (non-hydrogen) atoms. The number of nitro groups is 1. The molecule has 164 valence electrons. The zero-order valence-corrected chi connectivity index (χ0v) is 21.3. The molecule has 7 nitrogen and oxygen atoms in total. The van der Waals surface area contributed by atoms with Crippen molar-refractivity contribution < 1.29 is 9.66 Å². The van der Waals surface area contributed by atoms with Crippen molar-refractivity contribution in [3.05, 3.63) is 105 Å². The van der Waals surface area contributed by atoms with Crippen molar-refractivity contribution in [3.63, 3.8) is 0 Å². The summed E-state index contributed by atoms with van der Waals surface area (Å²) in [5, 5.41) is 10.8. The molecule has 0 fully saturated rings. The van der Waals surface area contributed by atoms with Gasteiger partial charge in [0.15, 0.2) is 4.96 Å². The number of halogens is 2. The third kappa shape index (κ3) is 4.25. The molecule has 0 radical (unpaired) electrons. The molecule has 5 rings (SSSR count). The van der Waals surface area contributed by atoms with Crippen LogP contribution in [0.25, 0.3) is 22.1 Å². The Labute approximate surface area is 212 Å². The number of benzene rings is 3. The van der Waals surface area contributed by atoms with Crippen LogP contribution in [-0.4, -0.2) is 14.3 Å². The van der Waals surface area contributed by atoms with E-state index in [0.717, 1.165) is 30.2 Å². The summed E-state index contributed by atoms with van der Waals surface area (Å²) in [5.41, 5.74) is 3.25. The first-order valence-corrected chi connectivity index (χ1v) is 12.4. The van der Waals surface area contributed by atoms with Gasteiger partial charge in [0.25, 0.3) is 11.2 Å². The first-order valence-electron chi connectivity index (χ1n) is 9.67. The van der Waals surface area contributed by atoms with Crippen molar-refractivity contribution in [2.24, 2.45) is 0 Å². The van der Waals surface area contributed by atoms with Crippen molar-refractivity contribution >= 4 is 77.6 Å². The van der Waals surface area contributed by atoms with Crippen molar-refractivity contribution in [2.45, 2.75) is 6.61 Å². The van der Waals surface area contributed by atoms with E-state index in [1.54, 1.807) is 16.5 Å². The molecule has 0 amide bonds. The minimum Gasteiger partial charge on any atom is -0.487 e. The van der Waals surface area contributed by atoms with E-state index in [-0.39, 0.29) is 17.9 Å². The molecule has 0 bridgehead atoms. The lowest BCUT2D eigenvalue weighted by Crippen LogP contribution is -2.22. The van der Waals surface area contributed by atoms with E-state index in [1.807, 2.05) is 42.5 Å². The van der Waals surface area contributed by atoms with Crippen molar-refractivity contribution in [2.75, 3.05) is 0 Å². The number of fused-ring (bicyclic) bond motifs is 3. The lowest BCUT2D eigenvalue weighted by atomic mass is 10.2. The molecule has 0 unspecified atom stereocenters. The number of aromatic nitrogens is 2. The molecule has 0 saturated heterocycles. The van der Waals surface area contributed by atoms with E-state index in [1.165, 1.54) is 23.5 Å². The van der Waals surface area contributed by atoms with E-state index < -0.39 is 4.92 Å². The molecule has 10 heteroatoms. The lowest BCUT2D eigenvalue weighted by Gasteiger charge is -2.11. The van der Waals surface area contributed by atoms with Gasteiger partial charge < -0.3 is 4.74 Å². The number of nitro benzene ring substituents is 1. The summed E-state index contributed by atoms with van der Waals surface area (Å²) in [4.78, 5) is 28.6. The zero-order chi connectivity index (χ0) is 23.1. The Kier molecular flexibility index (Phi) is 5.89. The Hall–Kier alpha value is -2.83. The maximum absolute atomic E-state index is 13.0. The van der Waals surface area contributed by atoms with Gasteiger partial charge in [-0.3, -0.25) is 14.9 Å². The highest BCUT2D eigenvalue weighted by Gasteiger charge is 2.13. The van der Waals surface area contributed by atoms with Crippen LogP contribution in [0.2, 0.25) is 0 Å². The van der Waals surface area contributed by atoms with Crippen molar-refractivity contribution in [1.29, 1.82) is 0 Å². The predicted molar refractivity (Wildman–Crippen MR) is 140 cm³/mol. The highest BCUT2D eigenvalue weighted by atomic mass is 127. The number of thiazole rings is 1. The maximum Gasteiger partial charge on any atom is 0.274 e. The van der Waals surface area contributed by atoms with Gasteiger partial charge in [0.05, 0.1) is 28.5 Å². The summed E-state index contributed by atoms with van der Waals surface area (Å²) in [6.45, 7) is 0.273. The minimum absolute atomic E-state index is 0.0427. The summed E-state index contributed by atoms with van der Waals surface area (Å²) < 4.78 is 9.83. The highest BCUT2D eigenvalue weighted by molar-refractivity contribution is 14.1. The van der Waals surface area contributed by atoms with Crippen LogP contribution < -0.4 is 14.8 Å². The second kappa shape index (κ2) is 8.84. The number of imidazole rings is 1. The summed E-state index contributed by atoms with van der Waals surface area (Å²) in [6, 6.07) is 17.7. The Morgan fingerprint density at radius 2 is 1.94 bits per heavy atom. The fourth-order valence-corrected chi connectivity index (χ4v) is 6.19. The van der Waals surface area contributed by atoms with Crippen LogP contribution in [0.1, 0.15) is 11.1 Å². The number of nitrogens with zero attached hydrogens (tertiary/aromatic N) is 3. The van der Waals surface area contributed by atoms with Crippen LogP contribution in [0.3, 0.4) is 0 Å². The summed E-state index contributed by atoms with van der Waals surface area (Å²) in [7, 11) is 0. The molecule has 3 aromatic carbocycles. The topological polar surface area (TPSA) is 86.7 Å². The maximum atomic E-state index is 13.0. The van der Waals surface area contributed by atoms with Crippen LogP contribution in [-0.2, 0) is 6.61 Å². The molecule has 0 saturated carbocycles. The molecule has 0 N–H and O–H groups in total. The number of hydrogen-bond acceptors (Lipinski definition) is 6. The second-order valence-corrected chi connectivity index (χ2v) is 10.2. The van der Waals surface area contributed by atoms with Crippen molar-refractivity contribution in [3.8, 4) is 5.75 Å². The second-order valence-electron chi connectivity index (χ2n) is 7.16. The van der Waals surface area contributed by atoms with Crippen molar-refractivity contribution in [1.82, 2.24) is 9.38 Å². The number of hydrogen-bond donors (Lipinski definition) is 0. The third-order valence-corrected chi connectivity index (χ3v) is 7.35. The van der Waals surface area contributed by atoms with Gasteiger partial charge in [-0.25, -0.2) is 9.38 Å². The normalized spacial score (nSPS) is 12.0. The first kappa shape index (κ1) is 22.0. The predicted octanol–water partition coefficient (Wildman–Crippen LogP) is 5.31. The Bertz CT molecular complexity index is 1620. The Balaban J connectivity index is 1.44. The van der Waals surface area contributed by atoms with Gasteiger partial charge in [-0.15, -0.1) is 0 Å². The van der Waals surface area contributed by atoms with Gasteiger partial charge in [0.1, 0.15) is 12.4 Å². The standard InChI is InChI=1S/C23H13BrIN3O4S/c24-16-9-14(10-17(25)21(16)32-12-13-5-7-15(8-6-13)28(30)31)11-20-22(29)27-19-4-2-1-3-18(19)26-23(27)33-20/h1-11H,12H2/b20-11-. The van der Waals surface area contributed by atoms with Crippen LogP contribution in [0.4, 0.5) is 5.69 Å². The van der Waals surface area contributed by atoms with E-state index in [0.29, 0.717) is 15.2 Å². The van der Waals surface area contributed by atoms with E-state index in [2.05, 4.69) is 43.5 Å². The van der Waals surface area contributed by atoms with Crippen LogP contribution >= 0.6 is 49.9 Å². The van der Waals surface area contributed by atoms with Gasteiger partial charge in [-0.05, 0) is 92.1 Å². The van der Waals surface area contributed by atoms with Gasteiger partial charge >= 0.3 is 0 Å². The Morgan fingerprint density at radius 3 is 2.67 bits per heavy atom. The summed E-state index contributed by atoms with van der Waals surface area (Å²) >= 11 is 7.11. The smallest absolute Gasteiger partial charge is 0.274 e. The first-order chi connectivity index (χ1) is 15.9. The number of ether oxygens (including phenoxy) is 1. The quantitative estimate of drug-likeness (QED) is 0.149. The molecule has 0 spiro atoms.